The largest absolute Gasteiger partial charge is 0.339 e. The summed E-state index contributed by atoms with van der Waals surface area (Å²) in [5.41, 5.74) is 0.906. The van der Waals surface area contributed by atoms with E-state index in [2.05, 4.69) is 25.6 Å². The van der Waals surface area contributed by atoms with E-state index in [1.54, 1.807) is 0 Å². The van der Waals surface area contributed by atoms with Gasteiger partial charge in [0.15, 0.2) is 6.04 Å². The second-order valence-corrected chi connectivity index (χ2v) is 8.00. The molecular weight excluding hydrogens is 390 g/mol. The molecular formula is C20H30ClN7O. The predicted octanol–water partition coefficient (Wildman–Crippen LogP) is 1.47. The molecule has 0 saturated carbocycles. The van der Waals surface area contributed by atoms with E-state index in [0.717, 1.165) is 51.3 Å². The first-order valence-corrected chi connectivity index (χ1v) is 10.2. The van der Waals surface area contributed by atoms with Crippen molar-refractivity contribution in [2.75, 3.05) is 39.3 Å². The van der Waals surface area contributed by atoms with Gasteiger partial charge in [-0.05, 0) is 17.6 Å². The lowest BCUT2D eigenvalue weighted by Gasteiger charge is -2.33. The first-order valence-electron chi connectivity index (χ1n) is 10.2. The third-order valence-electron chi connectivity index (χ3n) is 5.74. The van der Waals surface area contributed by atoms with Gasteiger partial charge in [0.2, 0.25) is 11.7 Å². The van der Waals surface area contributed by atoms with E-state index in [9.17, 15) is 4.79 Å². The summed E-state index contributed by atoms with van der Waals surface area (Å²) < 4.78 is 0. The van der Waals surface area contributed by atoms with Crippen molar-refractivity contribution in [1.29, 1.82) is 0 Å². The Hall–Kier alpha value is -2.03. The molecule has 2 aliphatic heterocycles. The van der Waals surface area contributed by atoms with Gasteiger partial charge in [0.05, 0.1) is 0 Å². The Bertz CT molecular complexity index is 791. The average molecular weight is 420 g/mol. The number of tetrazole rings is 1. The quantitative estimate of drug-likeness (QED) is 0.790. The van der Waals surface area contributed by atoms with Crippen LogP contribution in [0, 0.1) is 5.92 Å². The number of carbonyl (C=O) groups excluding carboxylic acids is 1. The number of aromatic nitrogens is 4. The number of hydrogen-bond acceptors (Lipinski definition) is 6. The molecule has 1 N–H and O–H groups in total. The van der Waals surface area contributed by atoms with E-state index < -0.39 is 6.04 Å². The second-order valence-electron chi connectivity index (χ2n) is 8.00. The van der Waals surface area contributed by atoms with Crippen molar-refractivity contribution < 1.29 is 4.79 Å². The minimum Gasteiger partial charge on any atom is -0.339 e. The molecule has 158 valence electrons. The Morgan fingerprint density at radius 1 is 1.14 bits per heavy atom. The Labute approximate surface area is 178 Å². The fourth-order valence-corrected chi connectivity index (χ4v) is 4.17. The number of nitrogens with one attached hydrogen (secondary N) is 1. The van der Waals surface area contributed by atoms with E-state index in [0.29, 0.717) is 11.9 Å². The summed E-state index contributed by atoms with van der Waals surface area (Å²) in [5, 5.41) is 16.3. The van der Waals surface area contributed by atoms with Crippen LogP contribution in [0.4, 0.5) is 0 Å². The van der Waals surface area contributed by atoms with Crippen LogP contribution < -0.4 is 5.32 Å². The van der Waals surface area contributed by atoms with Crippen molar-refractivity contribution in [3.05, 3.63) is 30.3 Å². The topological polar surface area (TPSA) is 79.2 Å². The smallest absolute Gasteiger partial charge is 0.249 e. The third kappa shape index (κ3) is 4.76. The highest BCUT2D eigenvalue weighted by Gasteiger charge is 2.36. The molecule has 0 aliphatic carbocycles. The zero-order valence-corrected chi connectivity index (χ0v) is 17.9. The molecule has 2 saturated heterocycles. The molecule has 0 bridgehead atoms. The standard InChI is InChI=1S/C20H29N7O.ClH/c1-15(2)18(27-23-19(22-24-27)16-6-4-3-5-7-16)20(28)26-11-8-17(14-26)25-12-9-21-10-13-25;/h3-7,15,17-18,21H,8-14H2,1-2H3;1H. The van der Waals surface area contributed by atoms with Crippen LogP contribution in [0.3, 0.4) is 0 Å². The highest BCUT2D eigenvalue weighted by atomic mass is 35.5. The SMILES string of the molecule is CC(C)C(C(=O)N1CCC(N2CCNCC2)C1)n1nnc(-c2ccccc2)n1.Cl. The molecule has 1 amide bonds. The van der Waals surface area contributed by atoms with E-state index in [1.165, 1.54) is 4.80 Å². The average Bonchev–Trinajstić information content (AvgIpc) is 3.39. The highest BCUT2D eigenvalue weighted by Crippen LogP contribution is 2.24. The number of hydrogen-bond donors (Lipinski definition) is 1. The van der Waals surface area contributed by atoms with E-state index in [4.69, 9.17) is 0 Å². The molecule has 2 aliphatic rings. The zero-order chi connectivity index (χ0) is 19.5. The fourth-order valence-electron chi connectivity index (χ4n) is 4.17. The molecule has 0 radical (unpaired) electrons. The normalized spacial score (nSPS) is 21.2. The number of carbonyl (C=O) groups is 1. The zero-order valence-electron chi connectivity index (χ0n) is 17.1. The first kappa shape index (κ1) is 21.7. The number of piperazine rings is 1. The maximum absolute atomic E-state index is 13.3. The lowest BCUT2D eigenvalue weighted by atomic mass is 10.0. The number of halogens is 1. The van der Waals surface area contributed by atoms with E-state index in [1.807, 2.05) is 49.1 Å². The second kappa shape index (κ2) is 9.65. The van der Waals surface area contributed by atoms with Crippen molar-refractivity contribution in [3.8, 4) is 11.4 Å². The van der Waals surface area contributed by atoms with Gasteiger partial charge in [-0.1, -0.05) is 44.2 Å². The van der Waals surface area contributed by atoms with Crippen LogP contribution in [-0.2, 0) is 4.79 Å². The van der Waals surface area contributed by atoms with Crippen LogP contribution in [-0.4, -0.2) is 81.2 Å². The van der Waals surface area contributed by atoms with Gasteiger partial charge in [-0.15, -0.1) is 22.6 Å². The lowest BCUT2D eigenvalue weighted by Crippen LogP contribution is -2.49. The minimum absolute atomic E-state index is 0. The van der Waals surface area contributed by atoms with Gasteiger partial charge in [0, 0.05) is 50.9 Å². The van der Waals surface area contributed by atoms with Crippen molar-refractivity contribution in [1.82, 2.24) is 35.3 Å². The van der Waals surface area contributed by atoms with Crippen molar-refractivity contribution in [3.63, 3.8) is 0 Å². The van der Waals surface area contributed by atoms with Gasteiger partial charge in [-0.2, -0.15) is 4.80 Å². The summed E-state index contributed by atoms with van der Waals surface area (Å²) in [7, 11) is 0. The first-order chi connectivity index (χ1) is 13.6. The minimum atomic E-state index is -0.424. The van der Waals surface area contributed by atoms with Gasteiger partial charge in [0.1, 0.15) is 0 Å². The molecule has 3 heterocycles. The molecule has 0 spiro atoms. The molecule has 1 aromatic heterocycles. The van der Waals surface area contributed by atoms with Gasteiger partial charge >= 0.3 is 0 Å². The van der Waals surface area contributed by atoms with Crippen LogP contribution >= 0.6 is 12.4 Å². The Morgan fingerprint density at radius 2 is 1.86 bits per heavy atom. The molecule has 1 aromatic carbocycles. The number of benzene rings is 1. The van der Waals surface area contributed by atoms with Crippen molar-refractivity contribution in [2.45, 2.75) is 32.4 Å². The molecule has 2 fully saturated rings. The Balaban J connectivity index is 0.00000240. The molecule has 4 rings (SSSR count). The summed E-state index contributed by atoms with van der Waals surface area (Å²) in [5.74, 6) is 0.743. The molecule has 29 heavy (non-hydrogen) atoms. The number of nitrogens with zero attached hydrogens (tertiary/aromatic N) is 6. The van der Waals surface area contributed by atoms with E-state index >= 15 is 0 Å². The molecule has 9 heteroatoms. The molecule has 2 aromatic rings. The van der Waals surface area contributed by atoms with Gasteiger partial charge in [-0.3, -0.25) is 9.69 Å². The van der Waals surface area contributed by atoms with Gasteiger partial charge < -0.3 is 10.2 Å². The summed E-state index contributed by atoms with van der Waals surface area (Å²) in [4.78, 5) is 19.3. The maximum Gasteiger partial charge on any atom is 0.249 e. The number of rotatable bonds is 5. The summed E-state index contributed by atoms with van der Waals surface area (Å²) >= 11 is 0. The van der Waals surface area contributed by atoms with E-state index in [-0.39, 0.29) is 24.2 Å². The van der Waals surface area contributed by atoms with Crippen LogP contribution in [0.2, 0.25) is 0 Å². The molecule has 8 nitrogen and oxygen atoms in total. The summed E-state index contributed by atoms with van der Waals surface area (Å²) in [6.07, 6.45) is 1.04. The predicted molar refractivity (Wildman–Crippen MR) is 114 cm³/mol. The molecule has 2 unspecified atom stereocenters. The van der Waals surface area contributed by atoms with Crippen molar-refractivity contribution >= 4 is 18.3 Å². The van der Waals surface area contributed by atoms with Gasteiger partial charge in [-0.25, -0.2) is 0 Å². The van der Waals surface area contributed by atoms with Crippen LogP contribution in [0.15, 0.2) is 30.3 Å². The lowest BCUT2D eigenvalue weighted by molar-refractivity contribution is -0.136. The van der Waals surface area contributed by atoms with Gasteiger partial charge in [0.25, 0.3) is 0 Å². The monoisotopic (exact) mass is 419 g/mol. The Kier molecular flexibility index (Phi) is 7.21. The summed E-state index contributed by atoms with van der Waals surface area (Å²) in [6.45, 7) is 9.86. The van der Waals surface area contributed by atoms with Crippen LogP contribution in [0.1, 0.15) is 26.3 Å². The number of amides is 1. The van der Waals surface area contributed by atoms with Crippen molar-refractivity contribution in [2.24, 2.45) is 5.92 Å². The summed E-state index contributed by atoms with van der Waals surface area (Å²) in [6, 6.07) is 9.78. The Morgan fingerprint density at radius 3 is 2.55 bits per heavy atom. The molecule has 2 atom stereocenters. The number of likely N-dealkylation sites (tertiary alicyclic amines) is 1. The highest BCUT2D eigenvalue weighted by molar-refractivity contribution is 5.85. The maximum atomic E-state index is 13.3. The van der Waals surface area contributed by atoms with Crippen LogP contribution in [0.5, 0.6) is 0 Å². The third-order valence-corrected chi connectivity index (χ3v) is 5.74. The van der Waals surface area contributed by atoms with Crippen LogP contribution in [0.25, 0.3) is 11.4 Å². The fraction of sp³-hybridized carbons (Fsp3) is 0.600.